The van der Waals surface area contributed by atoms with Crippen molar-refractivity contribution in [1.29, 1.82) is 0 Å². The van der Waals surface area contributed by atoms with Crippen molar-refractivity contribution in [2.24, 2.45) is 0 Å². The van der Waals surface area contributed by atoms with Gasteiger partial charge in [0, 0.05) is 35.4 Å². The fourth-order valence-corrected chi connectivity index (χ4v) is 2.90. The Morgan fingerprint density at radius 3 is 2.48 bits per heavy atom. The lowest BCUT2D eigenvalue weighted by atomic mass is 10.1. The molecule has 5 heteroatoms. The molecule has 0 radical (unpaired) electrons. The summed E-state index contributed by atoms with van der Waals surface area (Å²) in [4.78, 5) is 2.22. The van der Waals surface area contributed by atoms with E-state index in [4.69, 9.17) is 16.3 Å². The second-order valence-corrected chi connectivity index (χ2v) is 6.12. The molecule has 0 saturated carbocycles. The van der Waals surface area contributed by atoms with Crippen LogP contribution in [0, 0.1) is 11.6 Å². The van der Waals surface area contributed by atoms with Crippen molar-refractivity contribution < 1.29 is 13.5 Å². The number of benzene rings is 2. The van der Waals surface area contributed by atoms with Gasteiger partial charge in [-0.2, -0.15) is 0 Å². The summed E-state index contributed by atoms with van der Waals surface area (Å²) in [6, 6.07) is 9.21. The average Bonchev–Trinajstić information content (AvgIpc) is 2.56. The summed E-state index contributed by atoms with van der Waals surface area (Å²) in [5.74, 6) is -0.757. The summed E-state index contributed by atoms with van der Waals surface area (Å²) in [6.45, 7) is 1.90. The molecule has 23 heavy (non-hydrogen) atoms. The van der Waals surface area contributed by atoms with E-state index in [-0.39, 0.29) is 12.4 Å². The van der Waals surface area contributed by atoms with Crippen molar-refractivity contribution in [2.75, 3.05) is 18.0 Å². The lowest BCUT2D eigenvalue weighted by Gasteiger charge is -2.29. The van der Waals surface area contributed by atoms with Gasteiger partial charge in [-0.25, -0.2) is 8.78 Å². The third-order valence-corrected chi connectivity index (χ3v) is 4.27. The molecule has 0 unspecified atom stereocenters. The van der Waals surface area contributed by atoms with Crippen LogP contribution in [0.25, 0.3) is 0 Å². The number of hydrogen-bond donors (Lipinski definition) is 0. The van der Waals surface area contributed by atoms with Gasteiger partial charge in [-0.15, -0.1) is 0 Å². The van der Waals surface area contributed by atoms with Crippen molar-refractivity contribution in [2.45, 2.75) is 25.9 Å². The minimum atomic E-state index is -0.454. The fourth-order valence-electron chi connectivity index (χ4n) is 2.75. The monoisotopic (exact) mass is 337 g/mol. The van der Waals surface area contributed by atoms with Crippen LogP contribution in [0.15, 0.2) is 36.4 Å². The van der Waals surface area contributed by atoms with E-state index < -0.39 is 11.6 Å². The van der Waals surface area contributed by atoms with Gasteiger partial charge in [0.1, 0.15) is 12.4 Å². The summed E-state index contributed by atoms with van der Waals surface area (Å²) >= 11 is 5.72. The first-order valence-electron chi connectivity index (χ1n) is 7.75. The maximum Gasteiger partial charge on any atom is 0.165 e. The van der Waals surface area contributed by atoms with Crippen molar-refractivity contribution in [1.82, 2.24) is 0 Å². The van der Waals surface area contributed by atoms with Gasteiger partial charge in [-0.3, -0.25) is 0 Å². The Morgan fingerprint density at radius 1 is 0.957 bits per heavy atom. The van der Waals surface area contributed by atoms with Crippen LogP contribution >= 0.6 is 11.6 Å². The van der Waals surface area contributed by atoms with Gasteiger partial charge in [-0.1, -0.05) is 17.7 Å². The van der Waals surface area contributed by atoms with Crippen molar-refractivity contribution in [3.8, 4) is 5.75 Å². The lowest BCUT2D eigenvalue weighted by Crippen LogP contribution is -2.29. The Balaban J connectivity index is 1.73. The normalized spacial score (nSPS) is 14.8. The summed E-state index contributed by atoms with van der Waals surface area (Å²) in [5, 5.41) is 0.324. The molecule has 1 aliphatic rings. The number of halogens is 3. The zero-order valence-electron chi connectivity index (χ0n) is 12.7. The highest BCUT2D eigenvalue weighted by Crippen LogP contribution is 2.28. The summed E-state index contributed by atoms with van der Waals surface area (Å²) in [7, 11) is 0. The molecule has 1 aliphatic heterocycles. The second kappa shape index (κ2) is 7.18. The standard InChI is InChI=1S/C18H18ClF2NO/c19-14-5-4-13(17(21)10-14)12-23-18-11-15(6-7-16(18)20)22-8-2-1-3-9-22/h4-7,10-11H,1-3,8-9,12H2. The SMILES string of the molecule is Fc1cc(Cl)ccc1COc1cc(N2CCCCC2)ccc1F. The molecular weight excluding hydrogens is 320 g/mol. The molecule has 0 atom stereocenters. The van der Waals surface area contributed by atoms with Gasteiger partial charge < -0.3 is 9.64 Å². The van der Waals surface area contributed by atoms with E-state index >= 15 is 0 Å². The van der Waals surface area contributed by atoms with E-state index in [1.165, 1.54) is 18.6 Å². The van der Waals surface area contributed by atoms with E-state index in [1.54, 1.807) is 24.3 Å². The van der Waals surface area contributed by atoms with E-state index in [0.29, 0.717) is 10.6 Å². The average molecular weight is 338 g/mol. The Morgan fingerprint density at radius 2 is 1.74 bits per heavy atom. The molecule has 0 aromatic heterocycles. The van der Waals surface area contributed by atoms with Gasteiger partial charge in [0.25, 0.3) is 0 Å². The first kappa shape index (κ1) is 16.1. The van der Waals surface area contributed by atoms with E-state index in [2.05, 4.69) is 4.90 Å². The van der Waals surface area contributed by atoms with Crippen LogP contribution < -0.4 is 9.64 Å². The molecule has 3 rings (SSSR count). The van der Waals surface area contributed by atoms with E-state index in [9.17, 15) is 8.78 Å². The van der Waals surface area contributed by atoms with Crippen LogP contribution in [0.2, 0.25) is 5.02 Å². The highest BCUT2D eigenvalue weighted by Gasteiger charge is 2.14. The first-order chi connectivity index (χ1) is 11.1. The minimum Gasteiger partial charge on any atom is -0.486 e. The molecule has 0 amide bonds. The first-order valence-corrected chi connectivity index (χ1v) is 8.12. The predicted molar refractivity (Wildman–Crippen MR) is 88.2 cm³/mol. The molecule has 0 bridgehead atoms. The molecule has 2 nitrogen and oxygen atoms in total. The van der Waals surface area contributed by atoms with Crippen LogP contribution in [-0.2, 0) is 6.61 Å². The second-order valence-electron chi connectivity index (χ2n) is 5.69. The van der Waals surface area contributed by atoms with Gasteiger partial charge in [0.2, 0.25) is 0 Å². The molecule has 1 saturated heterocycles. The number of hydrogen-bond acceptors (Lipinski definition) is 2. The quantitative estimate of drug-likeness (QED) is 0.761. The Labute approximate surface area is 139 Å². The third-order valence-electron chi connectivity index (χ3n) is 4.03. The van der Waals surface area contributed by atoms with E-state index in [1.807, 2.05) is 0 Å². The van der Waals surface area contributed by atoms with E-state index in [0.717, 1.165) is 31.6 Å². The molecule has 0 aliphatic carbocycles. The van der Waals surface area contributed by atoms with Crippen LogP contribution in [0.4, 0.5) is 14.5 Å². The van der Waals surface area contributed by atoms with Crippen LogP contribution in [0.3, 0.4) is 0 Å². The van der Waals surface area contributed by atoms with Crippen molar-refractivity contribution in [3.63, 3.8) is 0 Å². The third kappa shape index (κ3) is 3.94. The van der Waals surface area contributed by atoms with Crippen LogP contribution in [0.5, 0.6) is 5.75 Å². The molecule has 122 valence electrons. The summed E-state index contributed by atoms with van der Waals surface area (Å²) in [6.07, 6.45) is 3.52. The largest absolute Gasteiger partial charge is 0.486 e. The summed E-state index contributed by atoms with van der Waals surface area (Å²) in [5.41, 5.74) is 1.29. The zero-order valence-corrected chi connectivity index (χ0v) is 13.5. The number of rotatable bonds is 4. The molecule has 0 N–H and O–H groups in total. The maximum absolute atomic E-state index is 13.9. The fraction of sp³-hybridized carbons (Fsp3) is 0.333. The molecule has 0 spiro atoms. The van der Waals surface area contributed by atoms with Crippen LogP contribution in [-0.4, -0.2) is 13.1 Å². The zero-order chi connectivity index (χ0) is 16.2. The summed E-state index contributed by atoms with van der Waals surface area (Å²) < 4.78 is 33.2. The Kier molecular flexibility index (Phi) is 5.01. The lowest BCUT2D eigenvalue weighted by molar-refractivity contribution is 0.285. The topological polar surface area (TPSA) is 12.5 Å². The molecule has 1 heterocycles. The van der Waals surface area contributed by atoms with Crippen molar-refractivity contribution in [3.05, 3.63) is 58.6 Å². The highest BCUT2D eigenvalue weighted by atomic mass is 35.5. The number of nitrogens with zero attached hydrogens (tertiary/aromatic N) is 1. The number of anilines is 1. The minimum absolute atomic E-state index is 0.0383. The maximum atomic E-state index is 13.9. The van der Waals surface area contributed by atoms with Gasteiger partial charge in [0.05, 0.1) is 0 Å². The van der Waals surface area contributed by atoms with Crippen molar-refractivity contribution >= 4 is 17.3 Å². The molecule has 1 fully saturated rings. The predicted octanol–water partition coefficient (Wildman–Crippen LogP) is 5.19. The van der Waals surface area contributed by atoms with Crippen LogP contribution in [0.1, 0.15) is 24.8 Å². The Bertz CT molecular complexity index is 687. The molecule has 2 aromatic rings. The Hall–Kier alpha value is -1.81. The smallest absolute Gasteiger partial charge is 0.165 e. The molecule has 2 aromatic carbocycles. The number of piperidine rings is 1. The van der Waals surface area contributed by atoms with Gasteiger partial charge in [0.15, 0.2) is 11.6 Å². The van der Waals surface area contributed by atoms with Gasteiger partial charge in [-0.05, 0) is 43.5 Å². The van der Waals surface area contributed by atoms with Gasteiger partial charge >= 0.3 is 0 Å². The number of ether oxygens (including phenoxy) is 1. The highest BCUT2D eigenvalue weighted by molar-refractivity contribution is 6.30. The molecular formula is C18H18ClF2NO.